The van der Waals surface area contributed by atoms with E-state index in [9.17, 15) is 0 Å². The van der Waals surface area contributed by atoms with E-state index in [1.807, 2.05) is 0 Å². The molecule has 2 aliphatic heterocycles. The maximum Gasteiger partial charge on any atom is 0.00568 e. The molecule has 2 nitrogen and oxygen atoms in total. The monoisotopic (exact) mass is 298 g/mol. The van der Waals surface area contributed by atoms with E-state index in [-0.39, 0.29) is 0 Å². The summed E-state index contributed by atoms with van der Waals surface area (Å²) in [6.07, 6.45) is 6.98. The molecule has 22 heavy (non-hydrogen) atoms. The summed E-state index contributed by atoms with van der Waals surface area (Å²) >= 11 is 0. The molecule has 2 unspecified atom stereocenters. The van der Waals surface area contributed by atoms with Gasteiger partial charge in [-0.1, -0.05) is 36.2 Å². The fourth-order valence-electron chi connectivity index (χ4n) is 5.80. The van der Waals surface area contributed by atoms with Gasteiger partial charge >= 0.3 is 0 Å². The third-order valence-electron chi connectivity index (χ3n) is 6.69. The average Bonchev–Trinajstić information content (AvgIpc) is 2.99. The van der Waals surface area contributed by atoms with E-state index < -0.39 is 0 Å². The molecule has 3 fully saturated rings. The van der Waals surface area contributed by atoms with E-state index in [4.69, 9.17) is 0 Å². The highest BCUT2D eigenvalue weighted by molar-refractivity contribution is 5.21. The number of hydrogen-bond acceptors (Lipinski definition) is 2. The minimum Gasteiger partial charge on any atom is -0.305 e. The summed E-state index contributed by atoms with van der Waals surface area (Å²) in [6.45, 7) is 8.89. The maximum atomic E-state index is 2.79. The Hall–Kier alpha value is -0.860. The van der Waals surface area contributed by atoms with Crippen LogP contribution in [0.3, 0.4) is 0 Å². The van der Waals surface area contributed by atoms with Gasteiger partial charge < -0.3 is 9.80 Å². The van der Waals surface area contributed by atoms with Crippen molar-refractivity contribution in [3.05, 3.63) is 35.4 Å². The quantitative estimate of drug-likeness (QED) is 0.841. The predicted octanol–water partition coefficient (Wildman–Crippen LogP) is 3.35. The highest BCUT2D eigenvalue weighted by atomic mass is 15.3. The zero-order valence-electron chi connectivity index (χ0n) is 14.3. The molecule has 4 rings (SSSR count). The molecular weight excluding hydrogens is 268 g/mol. The standard InChI is InChI=1S/C20H30N2/c1-17-6-8-18(9-7-17)5-3-12-22-15-19-10-4-11-20(19,16-22)14-21(2)13-19/h6-9H,3-5,10-16H2,1-2H3. The van der Waals surface area contributed by atoms with Gasteiger partial charge in [-0.25, -0.2) is 0 Å². The van der Waals surface area contributed by atoms with Gasteiger partial charge in [0.15, 0.2) is 0 Å². The predicted molar refractivity (Wildman–Crippen MR) is 92.2 cm³/mol. The molecule has 120 valence electrons. The Morgan fingerprint density at radius 2 is 1.59 bits per heavy atom. The molecular formula is C20H30N2. The highest BCUT2D eigenvalue weighted by Gasteiger charge is 2.63. The molecule has 3 aliphatic rings. The Balaban J connectivity index is 1.34. The van der Waals surface area contributed by atoms with Crippen LogP contribution >= 0.6 is 0 Å². The van der Waals surface area contributed by atoms with Crippen molar-refractivity contribution >= 4 is 0 Å². The van der Waals surface area contributed by atoms with Crippen molar-refractivity contribution in [1.82, 2.24) is 9.80 Å². The second kappa shape index (κ2) is 5.35. The van der Waals surface area contributed by atoms with Gasteiger partial charge in [0.1, 0.15) is 0 Å². The Morgan fingerprint density at radius 3 is 2.23 bits per heavy atom. The molecule has 0 radical (unpaired) electrons. The molecule has 0 amide bonds. The smallest absolute Gasteiger partial charge is 0.00568 e. The van der Waals surface area contributed by atoms with Crippen molar-refractivity contribution in [3.63, 3.8) is 0 Å². The zero-order chi connectivity index (χ0) is 15.2. The first-order valence-corrected chi connectivity index (χ1v) is 9.07. The van der Waals surface area contributed by atoms with E-state index in [2.05, 4.69) is 48.0 Å². The third kappa shape index (κ3) is 2.32. The largest absolute Gasteiger partial charge is 0.305 e. The highest BCUT2D eigenvalue weighted by Crippen LogP contribution is 2.61. The van der Waals surface area contributed by atoms with Crippen LogP contribution in [0, 0.1) is 17.8 Å². The van der Waals surface area contributed by atoms with E-state index in [1.54, 1.807) is 0 Å². The molecule has 0 N–H and O–H groups in total. The summed E-state index contributed by atoms with van der Waals surface area (Å²) in [7, 11) is 2.33. The Labute approximate surface area is 135 Å². The zero-order valence-corrected chi connectivity index (χ0v) is 14.3. The van der Waals surface area contributed by atoms with Crippen LogP contribution in [-0.4, -0.2) is 49.6 Å². The third-order valence-corrected chi connectivity index (χ3v) is 6.69. The SMILES string of the molecule is Cc1ccc(CCCN2CC34CCCC3(CN(C)C4)C2)cc1. The summed E-state index contributed by atoms with van der Waals surface area (Å²) in [5.41, 5.74) is 4.16. The Morgan fingerprint density at radius 1 is 0.955 bits per heavy atom. The summed E-state index contributed by atoms with van der Waals surface area (Å²) in [5.74, 6) is 0. The lowest BCUT2D eigenvalue weighted by molar-refractivity contribution is 0.212. The van der Waals surface area contributed by atoms with E-state index in [1.165, 1.54) is 76.0 Å². The van der Waals surface area contributed by atoms with Crippen LogP contribution in [0.2, 0.25) is 0 Å². The number of nitrogens with zero attached hydrogens (tertiary/aromatic N) is 2. The van der Waals surface area contributed by atoms with Gasteiger partial charge in [0.25, 0.3) is 0 Å². The van der Waals surface area contributed by atoms with E-state index in [0.29, 0.717) is 10.8 Å². The maximum absolute atomic E-state index is 2.79. The van der Waals surface area contributed by atoms with Gasteiger partial charge in [0, 0.05) is 37.0 Å². The molecule has 1 aromatic carbocycles. The van der Waals surface area contributed by atoms with Gasteiger partial charge in [-0.15, -0.1) is 0 Å². The number of rotatable bonds is 4. The van der Waals surface area contributed by atoms with Crippen LogP contribution in [0.4, 0.5) is 0 Å². The molecule has 0 aromatic heterocycles. The number of aryl methyl sites for hydroxylation is 2. The van der Waals surface area contributed by atoms with Crippen molar-refractivity contribution < 1.29 is 0 Å². The molecule has 2 heteroatoms. The van der Waals surface area contributed by atoms with Gasteiger partial charge in [0.2, 0.25) is 0 Å². The van der Waals surface area contributed by atoms with Crippen LogP contribution < -0.4 is 0 Å². The van der Waals surface area contributed by atoms with Gasteiger partial charge in [0.05, 0.1) is 0 Å². The lowest BCUT2D eigenvalue weighted by Gasteiger charge is -2.30. The number of hydrogen-bond donors (Lipinski definition) is 0. The molecule has 2 heterocycles. The molecule has 1 saturated carbocycles. The molecule has 2 saturated heterocycles. The van der Waals surface area contributed by atoms with Crippen LogP contribution in [0.25, 0.3) is 0 Å². The molecule has 2 atom stereocenters. The molecule has 1 aliphatic carbocycles. The fraction of sp³-hybridized carbons (Fsp3) is 0.700. The minimum absolute atomic E-state index is 0.644. The summed E-state index contributed by atoms with van der Waals surface area (Å²) in [6, 6.07) is 9.09. The summed E-state index contributed by atoms with van der Waals surface area (Å²) in [4.78, 5) is 5.39. The van der Waals surface area contributed by atoms with Gasteiger partial charge in [-0.3, -0.25) is 0 Å². The molecule has 0 spiro atoms. The van der Waals surface area contributed by atoms with Crippen molar-refractivity contribution in [3.8, 4) is 0 Å². The average molecular weight is 298 g/mol. The first kappa shape index (κ1) is 14.7. The second-order valence-corrected chi connectivity index (χ2v) is 8.39. The van der Waals surface area contributed by atoms with E-state index >= 15 is 0 Å². The Bertz CT molecular complexity index is 515. The number of likely N-dealkylation sites (tertiary alicyclic amines) is 2. The lowest BCUT2D eigenvalue weighted by atomic mass is 9.71. The topological polar surface area (TPSA) is 6.48 Å². The first-order chi connectivity index (χ1) is 10.6. The van der Waals surface area contributed by atoms with Crippen LogP contribution in [0.5, 0.6) is 0 Å². The van der Waals surface area contributed by atoms with Crippen LogP contribution in [0.1, 0.15) is 36.8 Å². The number of benzene rings is 1. The van der Waals surface area contributed by atoms with Crippen LogP contribution in [0.15, 0.2) is 24.3 Å². The van der Waals surface area contributed by atoms with Gasteiger partial charge in [-0.05, 0) is 51.8 Å². The van der Waals surface area contributed by atoms with E-state index in [0.717, 1.165) is 0 Å². The molecule has 0 bridgehead atoms. The van der Waals surface area contributed by atoms with Crippen molar-refractivity contribution in [2.24, 2.45) is 10.8 Å². The first-order valence-electron chi connectivity index (χ1n) is 9.07. The second-order valence-electron chi connectivity index (χ2n) is 8.39. The summed E-state index contributed by atoms with van der Waals surface area (Å²) in [5, 5.41) is 0. The fourth-order valence-corrected chi connectivity index (χ4v) is 5.80. The summed E-state index contributed by atoms with van der Waals surface area (Å²) < 4.78 is 0. The normalized spacial score (nSPS) is 35.0. The lowest BCUT2D eigenvalue weighted by Crippen LogP contribution is -2.34. The van der Waals surface area contributed by atoms with Crippen molar-refractivity contribution in [2.75, 3.05) is 39.8 Å². The minimum atomic E-state index is 0.644. The molecule has 1 aromatic rings. The van der Waals surface area contributed by atoms with Crippen LogP contribution in [-0.2, 0) is 6.42 Å². The van der Waals surface area contributed by atoms with Crippen molar-refractivity contribution in [1.29, 1.82) is 0 Å². The Kier molecular flexibility index (Phi) is 3.58. The van der Waals surface area contributed by atoms with Crippen molar-refractivity contribution in [2.45, 2.75) is 39.0 Å². The van der Waals surface area contributed by atoms with Gasteiger partial charge in [-0.2, -0.15) is 0 Å².